The molecule has 5 heteroatoms. The maximum absolute atomic E-state index is 13.0. The molecule has 2 amide bonds. The van der Waals surface area contributed by atoms with Crippen LogP contribution in [0.4, 0.5) is 10.1 Å². The first-order valence-electron chi connectivity index (χ1n) is 7.91. The second-order valence-electron chi connectivity index (χ2n) is 6.10. The third-order valence-electron chi connectivity index (χ3n) is 4.29. The molecule has 1 atom stereocenters. The van der Waals surface area contributed by atoms with Crippen LogP contribution in [0, 0.1) is 19.7 Å². The van der Waals surface area contributed by atoms with Crippen molar-refractivity contribution >= 4 is 17.5 Å². The summed E-state index contributed by atoms with van der Waals surface area (Å²) in [6, 6.07) is 10.9. The normalized spacial score (nSPS) is 17.2. The predicted octanol–water partition coefficient (Wildman–Crippen LogP) is 2.98. The van der Waals surface area contributed by atoms with Crippen molar-refractivity contribution in [3.8, 4) is 0 Å². The van der Waals surface area contributed by atoms with Gasteiger partial charge in [0.1, 0.15) is 11.9 Å². The standard InChI is InChI=1S/C19H19FN2O2/c1-12-3-4-13(2)16(11-12)18(23)21-17-9-10-22(19(17)24)15-7-5-14(20)6-8-15/h3-8,11,17H,9-10H2,1-2H3,(H,21,23)/t17-/m1/s1. The highest BCUT2D eigenvalue weighted by Gasteiger charge is 2.33. The molecule has 1 aliphatic rings. The van der Waals surface area contributed by atoms with E-state index in [-0.39, 0.29) is 17.6 Å². The summed E-state index contributed by atoms with van der Waals surface area (Å²) in [7, 11) is 0. The van der Waals surface area contributed by atoms with Crippen molar-refractivity contribution in [3.05, 3.63) is 65.0 Å². The molecule has 24 heavy (non-hydrogen) atoms. The van der Waals surface area contributed by atoms with Crippen molar-refractivity contribution in [2.24, 2.45) is 0 Å². The summed E-state index contributed by atoms with van der Waals surface area (Å²) in [4.78, 5) is 26.6. The Balaban J connectivity index is 1.72. The number of hydrogen-bond donors (Lipinski definition) is 1. The molecule has 2 aromatic carbocycles. The molecule has 2 aromatic rings. The molecule has 1 fully saturated rings. The average molecular weight is 326 g/mol. The maximum Gasteiger partial charge on any atom is 0.252 e. The molecule has 1 heterocycles. The second-order valence-corrected chi connectivity index (χ2v) is 6.10. The second kappa shape index (κ2) is 6.43. The minimum Gasteiger partial charge on any atom is -0.340 e. The van der Waals surface area contributed by atoms with E-state index >= 15 is 0 Å². The van der Waals surface area contributed by atoms with Crippen molar-refractivity contribution in [2.45, 2.75) is 26.3 Å². The Kier molecular flexibility index (Phi) is 4.34. The smallest absolute Gasteiger partial charge is 0.252 e. The maximum atomic E-state index is 13.0. The van der Waals surface area contributed by atoms with Crippen LogP contribution in [0.3, 0.4) is 0 Å². The Morgan fingerprint density at radius 3 is 2.58 bits per heavy atom. The Hall–Kier alpha value is -2.69. The summed E-state index contributed by atoms with van der Waals surface area (Å²) >= 11 is 0. The summed E-state index contributed by atoms with van der Waals surface area (Å²) in [5.74, 6) is -0.749. The van der Waals surface area contributed by atoms with E-state index in [1.165, 1.54) is 12.1 Å². The van der Waals surface area contributed by atoms with Crippen LogP contribution < -0.4 is 10.2 Å². The van der Waals surface area contributed by atoms with Gasteiger partial charge in [-0.25, -0.2) is 4.39 Å². The number of carbonyl (C=O) groups excluding carboxylic acids is 2. The molecule has 1 saturated heterocycles. The highest BCUT2D eigenvalue weighted by Crippen LogP contribution is 2.22. The third-order valence-corrected chi connectivity index (χ3v) is 4.29. The lowest BCUT2D eigenvalue weighted by Crippen LogP contribution is -2.41. The first-order chi connectivity index (χ1) is 11.5. The van der Waals surface area contributed by atoms with Crippen LogP contribution in [0.15, 0.2) is 42.5 Å². The van der Waals surface area contributed by atoms with Crippen LogP contribution in [0.5, 0.6) is 0 Å². The summed E-state index contributed by atoms with van der Waals surface area (Å²) < 4.78 is 13.0. The highest BCUT2D eigenvalue weighted by atomic mass is 19.1. The molecular weight excluding hydrogens is 307 g/mol. The first kappa shape index (κ1) is 16.2. The van der Waals surface area contributed by atoms with Crippen molar-refractivity contribution < 1.29 is 14.0 Å². The van der Waals surface area contributed by atoms with Gasteiger partial charge in [0.05, 0.1) is 0 Å². The summed E-state index contributed by atoms with van der Waals surface area (Å²) in [6.07, 6.45) is 0.535. The number of benzene rings is 2. The van der Waals surface area contributed by atoms with E-state index < -0.39 is 6.04 Å². The van der Waals surface area contributed by atoms with E-state index in [1.807, 2.05) is 32.0 Å². The number of anilines is 1. The van der Waals surface area contributed by atoms with Crippen molar-refractivity contribution in [1.82, 2.24) is 5.32 Å². The molecule has 0 saturated carbocycles. The Morgan fingerprint density at radius 1 is 1.17 bits per heavy atom. The molecule has 1 N–H and O–H groups in total. The Morgan fingerprint density at radius 2 is 1.88 bits per heavy atom. The van der Waals surface area contributed by atoms with Crippen LogP contribution in [-0.4, -0.2) is 24.4 Å². The molecular formula is C19H19FN2O2. The van der Waals surface area contributed by atoms with Crippen LogP contribution in [0.2, 0.25) is 0 Å². The zero-order chi connectivity index (χ0) is 17.3. The van der Waals surface area contributed by atoms with Gasteiger partial charge in [-0.1, -0.05) is 17.7 Å². The molecule has 0 aromatic heterocycles. The lowest BCUT2D eigenvalue weighted by Gasteiger charge is -2.17. The number of carbonyl (C=O) groups is 2. The van der Waals surface area contributed by atoms with Gasteiger partial charge in [-0.2, -0.15) is 0 Å². The molecule has 4 nitrogen and oxygen atoms in total. The SMILES string of the molecule is Cc1ccc(C)c(C(=O)N[C@@H]2CCN(c3ccc(F)cc3)C2=O)c1. The van der Waals surface area contributed by atoms with Gasteiger partial charge in [0.2, 0.25) is 5.91 Å². The lowest BCUT2D eigenvalue weighted by molar-refractivity contribution is -0.118. The monoisotopic (exact) mass is 326 g/mol. The molecule has 0 unspecified atom stereocenters. The minimum atomic E-state index is -0.553. The van der Waals surface area contributed by atoms with Gasteiger partial charge in [-0.05, 0) is 56.2 Å². The molecule has 0 spiro atoms. The Labute approximate surface area is 140 Å². The largest absolute Gasteiger partial charge is 0.340 e. The fourth-order valence-corrected chi connectivity index (χ4v) is 2.91. The van der Waals surface area contributed by atoms with E-state index in [4.69, 9.17) is 0 Å². The molecule has 3 rings (SSSR count). The number of nitrogens with one attached hydrogen (secondary N) is 1. The number of aryl methyl sites for hydroxylation is 2. The van der Waals surface area contributed by atoms with E-state index in [0.717, 1.165) is 11.1 Å². The van der Waals surface area contributed by atoms with Crippen LogP contribution >= 0.6 is 0 Å². The van der Waals surface area contributed by atoms with Gasteiger partial charge in [0.15, 0.2) is 0 Å². The lowest BCUT2D eigenvalue weighted by atomic mass is 10.0. The predicted molar refractivity (Wildman–Crippen MR) is 90.5 cm³/mol. The highest BCUT2D eigenvalue weighted by molar-refractivity contribution is 6.04. The molecule has 0 bridgehead atoms. The van der Waals surface area contributed by atoms with Crippen LogP contribution in [-0.2, 0) is 4.79 Å². The van der Waals surface area contributed by atoms with Gasteiger partial charge in [0, 0.05) is 17.8 Å². The van der Waals surface area contributed by atoms with Gasteiger partial charge >= 0.3 is 0 Å². The van der Waals surface area contributed by atoms with E-state index in [2.05, 4.69) is 5.32 Å². The fraction of sp³-hybridized carbons (Fsp3) is 0.263. The summed E-state index contributed by atoms with van der Waals surface area (Å²) in [6.45, 7) is 4.30. The average Bonchev–Trinajstić information content (AvgIpc) is 2.91. The summed E-state index contributed by atoms with van der Waals surface area (Å²) in [5, 5.41) is 2.82. The van der Waals surface area contributed by atoms with Gasteiger partial charge in [-0.15, -0.1) is 0 Å². The van der Waals surface area contributed by atoms with E-state index in [1.54, 1.807) is 17.0 Å². The first-order valence-corrected chi connectivity index (χ1v) is 7.91. The van der Waals surface area contributed by atoms with Crippen molar-refractivity contribution in [3.63, 3.8) is 0 Å². The number of hydrogen-bond acceptors (Lipinski definition) is 2. The third kappa shape index (κ3) is 3.15. The van der Waals surface area contributed by atoms with Gasteiger partial charge in [0.25, 0.3) is 5.91 Å². The molecule has 0 radical (unpaired) electrons. The Bertz CT molecular complexity index is 786. The molecule has 1 aliphatic heterocycles. The van der Waals surface area contributed by atoms with E-state index in [9.17, 15) is 14.0 Å². The quantitative estimate of drug-likeness (QED) is 0.943. The number of rotatable bonds is 3. The van der Waals surface area contributed by atoms with Crippen molar-refractivity contribution in [2.75, 3.05) is 11.4 Å². The molecule has 124 valence electrons. The van der Waals surface area contributed by atoms with Gasteiger partial charge < -0.3 is 10.2 Å². The summed E-state index contributed by atoms with van der Waals surface area (Å²) in [5.41, 5.74) is 3.10. The minimum absolute atomic E-state index is 0.166. The number of nitrogens with zero attached hydrogens (tertiary/aromatic N) is 1. The zero-order valence-corrected chi connectivity index (χ0v) is 13.7. The molecule has 0 aliphatic carbocycles. The van der Waals surface area contributed by atoms with E-state index in [0.29, 0.717) is 24.2 Å². The topological polar surface area (TPSA) is 49.4 Å². The number of halogens is 1. The fourth-order valence-electron chi connectivity index (χ4n) is 2.91. The number of amides is 2. The van der Waals surface area contributed by atoms with Crippen molar-refractivity contribution in [1.29, 1.82) is 0 Å². The zero-order valence-electron chi connectivity index (χ0n) is 13.7. The van der Waals surface area contributed by atoms with Gasteiger partial charge in [-0.3, -0.25) is 9.59 Å². The van der Waals surface area contributed by atoms with Crippen LogP contribution in [0.25, 0.3) is 0 Å². The van der Waals surface area contributed by atoms with Crippen LogP contribution in [0.1, 0.15) is 27.9 Å².